The predicted molar refractivity (Wildman–Crippen MR) is 163 cm³/mol. The van der Waals surface area contributed by atoms with Gasteiger partial charge in [0.25, 0.3) is 5.91 Å². The highest BCUT2D eigenvalue weighted by molar-refractivity contribution is 6.09. The number of hydrogen-bond acceptors (Lipinski definition) is 6. The van der Waals surface area contributed by atoms with E-state index in [2.05, 4.69) is 5.32 Å². The summed E-state index contributed by atoms with van der Waals surface area (Å²) in [5, 5.41) is 3.34. The first-order chi connectivity index (χ1) is 19.9. The summed E-state index contributed by atoms with van der Waals surface area (Å²) in [6, 6.07) is 19.8. The highest BCUT2D eigenvalue weighted by atomic mass is 19.1. The molecule has 8 heteroatoms. The molecule has 0 saturated heterocycles. The number of anilines is 2. The Kier molecular flexibility index (Phi) is 7.51. The Morgan fingerprint density at radius 1 is 0.976 bits per heavy atom. The number of nitrogens with one attached hydrogen (secondary N) is 1. The molecule has 3 N–H and O–H groups in total. The van der Waals surface area contributed by atoms with Gasteiger partial charge < -0.3 is 25.4 Å². The van der Waals surface area contributed by atoms with Crippen molar-refractivity contribution in [2.75, 3.05) is 24.4 Å². The van der Waals surface area contributed by atoms with E-state index in [-0.39, 0.29) is 5.91 Å². The van der Waals surface area contributed by atoms with E-state index >= 15 is 0 Å². The van der Waals surface area contributed by atoms with Crippen LogP contribution in [0.5, 0.6) is 11.5 Å². The fourth-order valence-electron chi connectivity index (χ4n) is 5.45. The summed E-state index contributed by atoms with van der Waals surface area (Å²) in [6.45, 7) is 7.45. The normalized spacial score (nSPS) is 14.6. The van der Waals surface area contributed by atoms with E-state index in [1.807, 2.05) is 52.0 Å². The van der Waals surface area contributed by atoms with E-state index < -0.39 is 23.4 Å². The molecule has 1 aliphatic heterocycles. The number of esters is 1. The van der Waals surface area contributed by atoms with E-state index in [0.29, 0.717) is 45.0 Å². The van der Waals surface area contributed by atoms with Crippen molar-refractivity contribution in [3.05, 3.63) is 106 Å². The summed E-state index contributed by atoms with van der Waals surface area (Å²) in [6.07, 6.45) is 0. The minimum absolute atomic E-state index is 0.137. The maximum absolute atomic E-state index is 14.4. The maximum Gasteiger partial charge on any atom is 0.343 e. The number of ether oxygens (including phenoxy) is 2. The molecule has 0 bridgehead atoms. The Labute approximate surface area is 245 Å². The number of carbonyl (C=O) groups excluding carboxylic acids is 2. The lowest BCUT2D eigenvalue weighted by molar-refractivity contribution is -0.121. The first kappa shape index (κ1) is 28.8. The molecule has 0 aliphatic carbocycles. The summed E-state index contributed by atoms with van der Waals surface area (Å²) in [4.78, 5) is 27.8. The van der Waals surface area contributed by atoms with Crippen LogP contribution in [0.2, 0.25) is 0 Å². The zero-order valence-corrected chi connectivity index (χ0v) is 24.5. The van der Waals surface area contributed by atoms with Gasteiger partial charge in [-0.25, -0.2) is 9.18 Å². The molecule has 0 fully saturated rings. The first-order valence-corrected chi connectivity index (χ1v) is 13.6. The Hall–Kier alpha value is -4.69. The van der Waals surface area contributed by atoms with Crippen LogP contribution in [0.4, 0.5) is 15.8 Å². The topological polar surface area (TPSA) is 93.9 Å². The van der Waals surface area contributed by atoms with Crippen LogP contribution in [-0.2, 0) is 4.79 Å². The molecular formula is C34H34FN3O4. The molecule has 7 nitrogen and oxygen atoms in total. The third-order valence-electron chi connectivity index (χ3n) is 7.69. The second-order valence-corrected chi connectivity index (χ2v) is 11.1. The number of rotatable bonds is 6. The lowest BCUT2D eigenvalue weighted by atomic mass is 9.85. The Morgan fingerprint density at radius 3 is 2.36 bits per heavy atom. The molecule has 1 heterocycles. The number of nitrogens with zero attached hydrogens (tertiary/aromatic N) is 1. The van der Waals surface area contributed by atoms with E-state index in [0.717, 1.165) is 16.8 Å². The zero-order valence-electron chi connectivity index (χ0n) is 24.5. The van der Waals surface area contributed by atoms with Crippen LogP contribution in [0.25, 0.3) is 11.1 Å². The van der Waals surface area contributed by atoms with E-state index in [1.54, 1.807) is 48.3 Å². The molecule has 1 unspecified atom stereocenters. The zero-order chi connectivity index (χ0) is 30.3. The van der Waals surface area contributed by atoms with Crippen LogP contribution in [-0.4, -0.2) is 31.6 Å². The molecule has 4 aromatic carbocycles. The number of aryl methyl sites for hydroxylation is 2. The lowest BCUT2D eigenvalue weighted by Crippen LogP contribution is -2.53. The van der Waals surface area contributed by atoms with Gasteiger partial charge in [-0.1, -0.05) is 29.8 Å². The highest BCUT2D eigenvalue weighted by Gasteiger charge is 2.40. The van der Waals surface area contributed by atoms with Crippen molar-refractivity contribution in [2.45, 2.75) is 39.3 Å². The monoisotopic (exact) mass is 567 g/mol. The number of carbonyl (C=O) groups is 2. The summed E-state index contributed by atoms with van der Waals surface area (Å²) < 4.78 is 25.9. The predicted octanol–water partition coefficient (Wildman–Crippen LogP) is 6.55. The molecule has 5 rings (SSSR count). The number of hydrogen-bond donors (Lipinski definition) is 2. The standard InChI is InChI=1S/C34H34FN3O4/c1-19-7-10-21(11-8-19)32(39)42-23-13-14-24(28(18-23)41-6)25-15-16-27-31(38(5)33(40)34(3,4)37-27)29(25)30(36)26-17-22(35)12-9-20(26)2/h7-18,30,37H,36H2,1-6H3. The smallest absolute Gasteiger partial charge is 0.343 e. The molecule has 0 spiro atoms. The summed E-state index contributed by atoms with van der Waals surface area (Å²) in [5.74, 6) is -0.287. The number of methoxy groups -OCH3 is 1. The van der Waals surface area contributed by atoms with Gasteiger partial charge in [-0.15, -0.1) is 0 Å². The van der Waals surface area contributed by atoms with Crippen molar-refractivity contribution >= 4 is 23.3 Å². The van der Waals surface area contributed by atoms with Gasteiger partial charge in [0.1, 0.15) is 22.9 Å². The van der Waals surface area contributed by atoms with Gasteiger partial charge in [-0.3, -0.25) is 4.79 Å². The van der Waals surface area contributed by atoms with Crippen LogP contribution in [0.3, 0.4) is 0 Å². The van der Waals surface area contributed by atoms with Gasteiger partial charge in [0.15, 0.2) is 0 Å². The quantitative estimate of drug-likeness (QED) is 0.203. The number of benzene rings is 4. The summed E-state index contributed by atoms with van der Waals surface area (Å²) >= 11 is 0. The molecule has 4 aromatic rings. The largest absolute Gasteiger partial charge is 0.496 e. The Bertz CT molecular complexity index is 1700. The van der Waals surface area contributed by atoms with Crippen LogP contribution in [0, 0.1) is 19.7 Å². The number of halogens is 1. The lowest BCUT2D eigenvalue weighted by Gasteiger charge is -2.40. The van der Waals surface area contributed by atoms with Gasteiger partial charge in [-0.05, 0) is 86.8 Å². The van der Waals surface area contributed by atoms with Crippen molar-refractivity contribution in [2.24, 2.45) is 5.73 Å². The summed E-state index contributed by atoms with van der Waals surface area (Å²) in [5.41, 5.74) is 12.3. The van der Waals surface area contributed by atoms with E-state index in [1.165, 1.54) is 19.2 Å². The average molecular weight is 568 g/mol. The molecule has 0 aromatic heterocycles. The van der Waals surface area contributed by atoms with E-state index in [4.69, 9.17) is 15.2 Å². The van der Waals surface area contributed by atoms with Crippen molar-refractivity contribution in [1.82, 2.24) is 0 Å². The number of likely N-dealkylation sites (N-methyl/N-ethyl adjacent to an activating group) is 1. The third-order valence-corrected chi connectivity index (χ3v) is 7.69. The average Bonchev–Trinajstić information content (AvgIpc) is 2.96. The first-order valence-electron chi connectivity index (χ1n) is 13.6. The molecule has 1 aliphatic rings. The molecule has 1 atom stereocenters. The highest BCUT2D eigenvalue weighted by Crippen LogP contribution is 2.48. The molecule has 42 heavy (non-hydrogen) atoms. The maximum atomic E-state index is 14.4. The number of fused-ring (bicyclic) bond motifs is 1. The molecule has 0 radical (unpaired) electrons. The second-order valence-electron chi connectivity index (χ2n) is 11.1. The van der Waals surface area contributed by atoms with Crippen molar-refractivity contribution < 1.29 is 23.5 Å². The molecular weight excluding hydrogens is 533 g/mol. The second kappa shape index (κ2) is 10.9. The number of nitrogens with two attached hydrogens (primary N) is 1. The number of amides is 1. The van der Waals surface area contributed by atoms with Crippen LogP contribution in [0.15, 0.2) is 72.8 Å². The third kappa shape index (κ3) is 5.21. The van der Waals surface area contributed by atoms with Gasteiger partial charge >= 0.3 is 5.97 Å². The molecule has 1 amide bonds. The van der Waals surface area contributed by atoms with Gasteiger partial charge in [0.2, 0.25) is 0 Å². The fraction of sp³-hybridized carbons (Fsp3) is 0.235. The SMILES string of the molecule is COc1cc(OC(=O)c2ccc(C)cc2)ccc1-c1ccc2c(c1C(N)c1cc(F)ccc1C)N(C)C(=O)C(C)(C)N2. The van der Waals surface area contributed by atoms with Gasteiger partial charge in [0, 0.05) is 24.2 Å². The van der Waals surface area contributed by atoms with Crippen LogP contribution >= 0.6 is 0 Å². The fourth-order valence-corrected chi connectivity index (χ4v) is 5.45. The summed E-state index contributed by atoms with van der Waals surface area (Å²) in [7, 11) is 3.24. The van der Waals surface area contributed by atoms with Crippen molar-refractivity contribution in [3.63, 3.8) is 0 Å². The Morgan fingerprint density at radius 2 is 1.67 bits per heavy atom. The molecule has 0 saturated carbocycles. The van der Waals surface area contributed by atoms with E-state index in [9.17, 15) is 14.0 Å². The minimum atomic E-state index is -0.833. The molecule has 216 valence electrons. The van der Waals surface area contributed by atoms with Crippen molar-refractivity contribution in [1.29, 1.82) is 0 Å². The van der Waals surface area contributed by atoms with Crippen molar-refractivity contribution in [3.8, 4) is 22.6 Å². The van der Waals surface area contributed by atoms with Gasteiger partial charge in [0.05, 0.1) is 30.1 Å². The minimum Gasteiger partial charge on any atom is -0.496 e. The van der Waals surface area contributed by atoms with Crippen LogP contribution in [0.1, 0.15) is 52.5 Å². The van der Waals surface area contributed by atoms with Crippen LogP contribution < -0.4 is 25.4 Å². The van der Waals surface area contributed by atoms with Gasteiger partial charge in [-0.2, -0.15) is 0 Å². The Balaban J connectivity index is 1.65.